The molecule has 2 nitrogen and oxygen atoms in total. The van der Waals surface area contributed by atoms with Crippen LogP contribution < -0.4 is 0 Å². The highest BCUT2D eigenvalue weighted by atomic mass is 14.9. The number of nitrogens with one attached hydrogen (secondary N) is 1. The normalized spacial score (nSPS) is 23.8. The van der Waals surface area contributed by atoms with Crippen LogP contribution in [0.2, 0.25) is 0 Å². The zero-order valence-electron chi connectivity index (χ0n) is 14.3. The van der Waals surface area contributed by atoms with E-state index in [0.717, 1.165) is 5.82 Å². The van der Waals surface area contributed by atoms with Crippen LogP contribution in [0.15, 0.2) is 60.5 Å². The first kappa shape index (κ1) is 15.8. The third-order valence-corrected chi connectivity index (χ3v) is 5.28. The number of imidazole rings is 1. The average Bonchev–Trinajstić information content (AvgIpc) is 3.10. The largest absolute Gasteiger partial charge is 0.348 e. The Hall–Kier alpha value is -2.09. The fourth-order valence-corrected chi connectivity index (χ4v) is 3.54. The van der Waals surface area contributed by atoms with Gasteiger partial charge in [-0.15, -0.1) is 0 Å². The Kier molecular flexibility index (Phi) is 4.51. The number of rotatable bonds is 5. The smallest absolute Gasteiger partial charge is 0.114 e. The van der Waals surface area contributed by atoms with Crippen LogP contribution in [0.25, 0.3) is 0 Å². The SMILES string of the molecule is CCCCc1ccc(C2(C)C(C)=CC=CC2c2ncc[nH]2)cc1. The maximum atomic E-state index is 4.52. The molecule has 0 saturated heterocycles. The van der Waals surface area contributed by atoms with Crippen molar-refractivity contribution in [3.8, 4) is 0 Å². The molecule has 1 N–H and O–H groups in total. The Morgan fingerprint density at radius 3 is 2.65 bits per heavy atom. The van der Waals surface area contributed by atoms with Gasteiger partial charge in [0.15, 0.2) is 0 Å². The molecule has 0 saturated carbocycles. The summed E-state index contributed by atoms with van der Waals surface area (Å²) in [5.74, 6) is 1.27. The molecule has 0 amide bonds. The number of H-pyrrole nitrogens is 1. The quantitative estimate of drug-likeness (QED) is 0.796. The Bertz CT molecular complexity index is 692. The molecule has 2 atom stereocenters. The predicted molar refractivity (Wildman–Crippen MR) is 96.6 cm³/mol. The zero-order chi connectivity index (χ0) is 16.3. The van der Waals surface area contributed by atoms with Crippen molar-refractivity contribution in [3.63, 3.8) is 0 Å². The Morgan fingerprint density at radius 2 is 2.00 bits per heavy atom. The maximum absolute atomic E-state index is 4.52. The van der Waals surface area contributed by atoms with E-state index in [1.54, 1.807) is 0 Å². The fourth-order valence-electron chi connectivity index (χ4n) is 3.54. The van der Waals surface area contributed by atoms with Gasteiger partial charge in [-0.3, -0.25) is 0 Å². The van der Waals surface area contributed by atoms with Crippen LogP contribution in [0.1, 0.15) is 56.5 Å². The van der Waals surface area contributed by atoms with Crippen molar-refractivity contribution < 1.29 is 0 Å². The van der Waals surface area contributed by atoms with E-state index >= 15 is 0 Å². The molecule has 2 aromatic rings. The first-order chi connectivity index (χ1) is 11.2. The maximum Gasteiger partial charge on any atom is 0.114 e. The van der Waals surface area contributed by atoms with Crippen molar-refractivity contribution >= 4 is 0 Å². The summed E-state index contributed by atoms with van der Waals surface area (Å²) in [6.45, 7) is 6.80. The van der Waals surface area contributed by atoms with E-state index in [0.29, 0.717) is 0 Å². The summed E-state index contributed by atoms with van der Waals surface area (Å²) in [5.41, 5.74) is 4.11. The van der Waals surface area contributed by atoms with Crippen molar-refractivity contribution in [2.24, 2.45) is 0 Å². The van der Waals surface area contributed by atoms with Gasteiger partial charge in [0, 0.05) is 23.7 Å². The third kappa shape index (κ3) is 2.90. The van der Waals surface area contributed by atoms with Gasteiger partial charge in [0.25, 0.3) is 0 Å². The second-order valence-electron chi connectivity index (χ2n) is 6.69. The second-order valence-corrected chi connectivity index (χ2v) is 6.69. The van der Waals surface area contributed by atoms with Crippen molar-refractivity contribution in [1.29, 1.82) is 0 Å². The fraction of sp³-hybridized carbons (Fsp3) is 0.381. The van der Waals surface area contributed by atoms with E-state index in [4.69, 9.17) is 0 Å². The highest BCUT2D eigenvalue weighted by Crippen LogP contribution is 2.46. The highest BCUT2D eigenvalue weighted by molar-refractivity contribution is 5.46. The molecular formula is C21H26N2. The van der Waals surface area contributed by atoms with E-state index in [-0.39, 0.29) is 11.3 Å². The summed E-state index contributed by atoms with van der Waals surface area (Å²) in [4.78, 5) is 7.82. The Balaban J connectivity index is 1.96. The van der Waals surface area contributed by atoms with Crippen LogP contribution >= 0.6 is 0 Å². The summed E-state index contributed by atoms with van der Waals surface area (Å²) in [5, 5.41) is 0. The minimum atomic E-state index is -0.0596. The van der Waals surface area contributed by atoms with E-state index in [1.165, 1.54) is 36.0 Å². The molecule has 120 valence electrons. The molecule has 2 unspecified atom stereocenters. The number of unbranched alkanes of at least 4 members (excludes halogenated alkanes) is 1. The number of hydrogen-bond donors (Lipinski definition) is 1. The number of allylic oxidation sites excluding steroid dienone is 4. The standard InChI is InChI=1S/C21H26N2/c1-4-5-8-17-10-12-18(13-11-17)21(3)16(2)7-6-9-19(21)20-22-14-15-23-20/h6-7,9-15,19H,4-5,8H2,1-3H3,(H,22,23). The molecule has 1 heterocycles. The van der Waals surface area contributed by atoms with Gasteiger partial charge in [-0.1, -0.05) is 68.3 Å². The lowest BCUT2D eigenvalue weighted by Crippen LogP contribution is -2.33. The molecule has 1 aliphatic carbocycles. The van der Waals surface area contributed by atoms with Crippen LogP contribution in [-0.2, 0) is 11.8 Å². The molecule has 0 spiro atoms. The number of nitrogens with zero attached hydrogens (tertiary/aromatic N) is 1. The number of aromatic nitrogens is 2. The lowest BCUT2D eigenvalue weighted by atomic mass is 9.65. The molecule has 1 aromatic carbocycles. The minimum absolute atomic E-state index is 0.0596. The van der Waals surface area contributed by atoms with Crippen molar-refractivity contribution in [1.82, 2.24) is 9.97 Å². The van der Waals surface area contributed by atoms with E-state index in [1.807, 2.05) is 12.4 Å². The van der Waals surface area contributed by atoms with Crippen LogP contribution in [0.5, 0.6) is 0 Å². The molecule has 2 heteroatoms. The molecule has 0 fully saturated rings. The molecule has 0 bridgehead atoms. The van der Waals surface area contributed by atoms with Crippen molar-refractivity contribution in [3.05, 3.63) is 77.4 Å². The van der Waals surface area contributed by atoms with Gasteiger partial charge in [-0.25, -0.2) is 4.98 Å². The molecule has 0 aliphatic heterocycles. The summed E-state index contributed by atoms with van der Waals surface area (Å²) in [7, 11) is 0. The van der Waals surface area contributed by atoms with E-state index < -0.39 is 0 Å². The van der Waals surface area contributed by atoms with Crippen LogP contribution in [-0.4, -0.2) is 9.97 Å². The Labute approximate surface area is 139 Å². The van der Waals surface area contributed by atoms with Gasteiger partial charge in [-0.2, -0.15) is 0 Å². The Morgan fingerprint density at radius 1 is 1.22 bits per heavy atom. The summed E-state index contributed by atoms with van der Waals surface area (Å²) in [6, 6.07) is 9.19. The number of aryl methyl sites for hydroxylation is 1. The number of aromatic amines is 1. The summed E-state index contributed by atoms with van der Waals surface area (Å²) < 4.78 is 0. The molecule has 0 radical (unpaired) electrons. The lowest BCUT2D eigenvalue weighted by molar-refractivity contribution is 0.477. The molecule has 1 aliphatic rings. The summed E-state index contributed by atoms with van der Waals surface area (Å²) >= 11 is 0. The molecule has 23 heavy (non-hydrogen) atoms. The minimum Gasteiger partial charge on any atom is -0.348 e. The predicted octanol–water partition coefficient (Wildman–Crippen LogP) is 5.31. The van der Waals surface area contributed by atoms with E-state index in [2.05, 4.69) is 73.2 Å². The van der Waals surface area contributed by atoms with Crippen molar-refractivity contribution in [2.75, 3.05) is 0 Å². The lowest BCUT2D eigenvalue weighted by Gasteiger charge is -2.39. The molecule has 1 aromatic heterocycles. The zero-order valence-corrected chi connectivity index (χ0v) is 14.3. The van der Waals surface area contributed by atoms with E-state index in [9.17, 15) is 0 Å². The highest BCUT2D eigenvalue weighted by Gasteiger charge is 2.39. The summed E-state index contributed by atoms with van der Waals surface area (Å²) in [6.07, 6.45) is 14.1. The molecular weight excluding hydrogens is 280 g/mol. The van der Waals surface area contributed by atoms with Gasteiger partial charge >= 0.3 is 0 Å². The van der Waals surface area contributed by atoms with Crippen molar-refractivity contribution in [2.45, 2.75) is 51.4 Å². The molecule has 3 rings (SSSR count). The van der Waals surface area contributed by atoms with Crippen LogP contribution in [0.4, 0.5) is 0 Å². The monoisotopic (exact) mass is 306 g/mol. The van der Waals surface area contributed by atoms with Crippen LogP contribution in [0.3, 0.4) is 0 Å². The van der Waals surface area contributed by atoms with Gasteiger partial charge < -0.3 is 4.98 Å². The van der Waals surface area contributed by atoms with Gasteiger partial charge in [0.1, 0.15) is 5.82 Å². The number of hydrogen-bond acceptors (Lipinski definition) is 1. The van der Waals surface area contributed by atoms with Gasteiger partial charge in [0.2, 0.25) is 0 Å². The second kappa shape index (κ2) is 6.57. The first-order valence-corrected chi connectivity index (χ1v) is 8.60. The van der Waals surface area contributed by atoms with Gasteiger partial charge in [0.05, 0.1) is 0 Å². The van der Waals surface area contributed by atoms with Gasteiger partial charge in [-0.05, 0) is 30.9 Å². The van der Waals surface area contributed by atoms with Crippen LogP contribution in [0, 0.1) is 0 Å². The average molecular weight is 306 g/mol. The number of benzene rings is 1. The third-order valence-electron chi connectivity index (χ3n) is 5.28. The first-order valence-electron chi connectivity index (χ1n) is 8.60. The topological polar surface area (TPSA) is 28.7 Å².